The highest BCUT2D eigenvalue weighted by Crippen LogP contribution is 2.31. The van der Waals surface area contributed by atoms with Crippen LogP contribution < -0.4 is 10.2 Å². The van der Waals surface area contributed by atoms with Crippen LogP contribution in [0.3, 0.4) is 0 Å². The largest absolute Gasteiger partial charge is 0.357 e. The van der Waals surface area contributed by atoms with Gasteiger partial charge in [0.05, 0.1) is 0 Å². The third kappa shape index (κ3) is 3.52. The van der Waals surface area contributed by atoms with E-state index in [-0.39, 0.29) is 0 Å². The molecule has 0 aromatic carbocycles. The summed E-state index contributed by atoms with van der Waals surface area (Å²) >= 11 is 0. The number of piperidine rings is 1. The second kappa shape index (κ2) is 7.78. The molecule has 2 fully saturated rings. The molecule has 7 nitrogen and oxygen atoms in total. The number of rotatable bonds is 3. The van der Waals surface area contributed by atoms with E-state index in [0.29, 0.717) is 5.92 Å². The Labute approximate surface area is 172 Å². The van der Waals surface area contributed by atoms with Crippen LogP contribution in [0.25, 0.3) is 22.4 Å². The van der Waals surface area contributed by atoms with Gasteiger partial charge in [-0.2, -0.15) is 5.10 Å². The molecular weight excluding hydrogens is 362 g/mol. The first-order valence-corrected chi connectivity index (χ1v) is 11.0. The standard InChI is InChI=1S/C22H31N7/c1-27-15-18(24-21(27)16-8-7-11-23-14-16)20-17-9-10-19(25-22(17)28(2)26-20)29-12-5-3-4-6-13-29/h9-10,15-16,23H,3-8,11-14H2,1-2H3. The van der Waals surface area contributed by atoms with Crippen molar-refractivity contribution in [3.63, 3.8) is 0 Å². The van der Waals surface area contributed by atoms with E-state index in [9.17, 15) is 0 Å². The molecule has 2 aliphatic rings. The van der Waals surface area contributed by atoms with Gasteiger partial charge < -0.3 is 14.8 Å². The van der Waals surface area contributed by atoms with Crippen LogP contribution in [-0.4, -0.2) is 50.5 Å². The molecule has 7 heteroatoms. The number of hydrogen-bond acceptors (Lipinski definition) is 5. The van der Waals surface area contributed by atoms with E-state index in [2.05, 4.69) is 40.2 Å². The fourth-order valence-electron chi connectivity index (χ4n) is 4.83. The molecular formula is C22H31N7. The summed E-state index contributed by atoms with van der Waals surface area (Å²) in [6, 6.07) is 4.34. The Morgan fingerprint density at radius 2 is 1.83 bits per heavy atom. The summed E-state index contributed by atoms with van der Waals surface area (Å²) in [5, 5.41) is 9.39. The average molecular weight is 394 g/mol. The second-order valence-corrected chi connectivity index (χ2v) is 8.55. The Kier molecular flexibility index (Phi) is 4.99. The van der Waals surface area contributed by atoms with Crippen molar-refractivity contribution in [2.45, 2.75) is 44.4 Å². The maximum absolute atomic E-state index is 5.00. The number of anilines is 1. The van der Waals surface area contributed by atoms with Gasteiger partial charge in [0.2, 0.25) is 0 Å². The van der Waals surface area contributed by atoms with Crippen LogP contribution in [0.15, 0.2) is 18.3 Å². The molecule has 5 heterocycles. The smallest absolute Gasteiger partial charge is 0.160 e. The van der Waals surface area contributed by atoms with Gasteiger partial charge in [-0.15, -0.1) is 0 Å². The van der Waals surface area contributed by atoms with E-state index < -0.39 is 0 Å². The van der Waals surface area contributed by atoms with Gasteiger partial charge in [-0.25, -0.2) is 14.6 Å². The van der Waals surface area contributed by atoms with Gasteiger partial charge in [0.15, 0.2) is 5.65 Å². The summed E-state index contributed by atoms with van der Waals surface area (Å²) < 4.78 is 4.08. The predicted octanol–water partition coefficient (Wildman–Crippen LogP) is 3.22. The van der Waals surface area contributed by atoms with Gasteiger partial charge in [-0.3, -0.25) is 0 Å². The molecule has 0 bridgehead atoms. The molecule has 3 aromatic heterocycles. The normalized spacial score (nSPS) is 20.9. The van der Waals surface area contributed by atoms with E-state index in [0.717, 1.165) is 60.2 Å². The van der Waals surface area contributed by atoms with Gasteiger partial charge in [-0.05, 0) is 44.4 Å². The Bertz CT molecular complexity index is 988. The zero-order valence-corrected chi connectivity index (χ0v) is 17.6. The molecule has 3 aromatic rings. The maximum Gasteiger partial charge on any atom is 0.160 e. The number of imidazole rings is 1. The lowest BCUT2D eigenvalue weighted by Crippen LogP contribution is -2.29. The zero-order valence-electron chi connectivity index (χ0n) is 17.6. The number of aryl methyl sites for hydroxylation is 2. The lowest BCUT2D eigenvalue weighted by Gasteiger charge is -2.22. The van der Waals surface area contributed by atoms with Crippen molar-refractivity contribution in [3.8, 4) is 11.4 Å². The van der Waals surface area contributed by atoms with Gasteiger partial charge in [0.25, 0.3) is 0 Å². The number of nitrogens with zero attached hydrogens (tertiary/aromatic N) is 6. The number of hydrogen-bond donors (Lipinski definition) is 1. The highest BCUT2D eigenvalue weighted by Gasteiger charge is 2.23. The van der Waals surface area contributed by atoms with Crippen LogP contribution in [0.2, 0.25) is 0 Å². The Morgan fingerprint density at radius 3 is 2.59 bits per heavy atom. The van der Waals surface area contributed by atoms with Crippen LogP contribution in [0, 0.1) is 0 Å². The Morgan fingerprint density at radius 1 is 1.00 bits per heavy atom. The summed E-state index contributed by atoms with van der Waals surface area (Å²) in [6.07, 6.45) is 9.68. The molecule has 154 valence electrons. The molecule has 1 atom stereocenters. The summed E-state index contributed by atoms with van der Waals surface area (Å²) in [5.41, 5.74) is 2.82. The van der Waals surface area contributed by atoms with Crippen molar-refractivity contribution in [2.75, 3.05) is 31.1 Å². The molecule has 0 aliphatic carbocycles. The fraction of sp³-hybridized carbons (Fsp3) is 0.591. The molecule has 0 radical (unpaired) electrons. The van der Waals surface area contributed by atoms with Crippen molar-refractivity contribution in [1.29, 1.82) is 0 Å². The van der Waals surface area contributed by atoms with E-state index in [1.54, 1.807) is 0 Å². The lowest BCUT2D eigenvalue weighted by molar-refractivity contribution is 0.439. The molecule has 0 spiro atoms. The van der Waals surface area contributed by atoms with Gasteiger partial charge in [0, 0.05) is 51.2 Å². The Balaban J connectivity index is 1.49. The molecule has 1 N–H and O–H groups in total. The third-order valence-electron chi connectivity index (χ3n) is 6.42. The lowest BCUT2D eigenvalue weighted by atomic mass is 9.99. The minimum Gasteiger partial charge on any atom is -0.357 e. The van der Waals surface area contributed by atoms with Gasteiger partial charge in [-0.1, -0.05) is 12.8 Å². The molecule has 29 heavy (non-hydrogen) atoms. The quantitative estimate of drug-likeness (QED) is 0.740. The maximum atomic E-state index is 5.00. The van der Waals surface area contributed by atoms with Crippen molar-refractivity contribution >= 4 is 16.9 Å². The second-order valence-electron chi connectivity index (χ2n) is 8.55. The SMILES string of the molecule is Cn1cc(-c2nn(C)c3nc(N4CCCCCC4)ccc23)nc1C1CCCNC1. The first kappa shape index (κ1) is 18.6. The molecule has 1 unspecified atom stereocenters. The molecule has 0 amide bonds. The van der Waals surface area contributed by atoms with Crippen LogP contribution in [0.1, 0.15) is 50.3 Å². The van der Waals surface area contributed by atoms with Crippen molar-refractivity contribution < 1.29 is 0 Å². The van der Waals surface area contributed by atoms with Crippen LogP contribution in [0.4, 0.5) is 5.82 Å². The summed E-state index contributed by atoms with van der Waals surface area (Å²) in [6.45, 7) is 4.32. The van der Waals surface area contributed by atoms with Crippen molar-refractivity contribution in [2.24, 2.45) is 14.1 Å². The first-order valence-electron chi connectivity index (χ1n) is 11.0. The number of nitrogens with one attached hydrogen (secondary N) is 1. The van der Waals surface area contributed by atoms with Crippen molar-refractivity contribution in [3.05, 3.63) is 24.2 Å². The zero-order chi connectivity index (χ0) is 19.8. The number of fused-ring (bicyclic) bond motifs is 1. The average Bonchev–Trinajstić information content (AvgIpc) is 3.15. The monoisotopic (exact) mass is 393 g/mol. The van der Waals surface area contributed by atoms with Gasteiger partial charge >= 0.3 is 0 Å². The van der Waals surface area contributed by atoms with Crippen LogP contribution in [-0.2, 0) is 14.1 Å². The third-order valence-corrected chi connectivity index (χ3v) is 6.42. The van der Waals surface area contributed by atoms with E-state index in [1.165, 1.54) is 38.5 Å². The number of aromatic nitrogens is 5. The van der Waals surface area contributed by atoms with Gasteiger partial charge in [0.1, 0.15) is 23.0 Å². The van der Waals surface area contributed by atoms with E-state index in [4.69, 9.17) is 15.1 Å². The van der Waals surface area contributed by atoms with Crippen molar-refractivity contribution in [1.82, 2.24) is 29.6 Å². The highest BCUT2D eigenvalue weighted by atomic mass is 15.3. The number of pyridine rings is 1. The Hall–Kier alpha value is -2.41. The van der Waals surface area contributed by atoms with E-state index >= 15 is 0 Å². The minimum atomic E-state index is 0.477. The summed E-state index contributed by atoms with van der Waals surface area (Å²) in [5.74, 6) is 2.70. The molecule has 5 rings (SSSR count). The predicted molar refractivity (Wildman–Crippen MR) is 116 cm³/mol. The molecule has 2 aliphatic heterocycles. The summed E-state index contributed by atoms with van der Waals surface area (Å²) in [4.78, 5) is 12.4. The minimum absolute atomic E-state index is 0.477. The van der Waals surface area contributed by atoms with Crippen LogP contribution in [0.5, 0.6) is 0 Å². The topological polar surface area (TPSA) is 63.8 Å². The summed E-state index contributed by atoms with van der Waals surface area (Å²) in [7, 11) is 4.08. The molecule has 0 saturated carbocycles. The fourth-order valence-corrected chi connectivity index (χ4v) is 4.83. The molecule has 2 saturated heterocycles. The highest BCUT2D eigenvalue weighted by molar-refractivity contribution is 5.91. The first-order chi connectivity index (χ1) is 14.2. The van der Waals surface area contributed by atoms with E-state index in [1.807, 2.05) is 11.7 Å². The van der Waals surface area contributed by atoms with Crippen LogP contribution >= 0.6 is 0 Å².